The molecule has 1 aliphatic carbocycles. The average molecular weight is 220 g/mol. The van der Waals surface area contributed by atoms with E-state index in [4.69, 9.17) is 4.74 Å². The fraction of sp³-hybridized carbons (Fsp3) is 0.583. The fourth-order valence-corrected chi connectivity index (χ4v) is 1.66. The summed E-state index contributed by atoms with van der Waals surface area (Å²) in [6, 6.07) is 1.75. The normalized spacial score (nSPS) is 14.9. The van der Waals surface area contributed by atoms with Crippen molar-refractivity contribution in [3.05, 3.63) is 23.3 Å². The summed E-state index contributed by atoms with van der Waals surface area (Å²) in [4.78, 5) is 20.0. The molecule has 2 rings (SSSR count). The van der Waals surface area contributed by atoms with Crippen LogP contribution in [0.1, 0.15) is 41.8 Å². The van der Waals surface area contributed by atoms with Gasteiger partial charge in [0.2, 0.25) is 0 Å². The lowest BCUT2D eigenvalue weighted by Crippen LogP contribution is -2.10. The van der Waals surface area contributed by atoms with Gasteiger partial charge in [-0.25, -0.2) is 14.8 Å². The highest BCUT2D eigenvalue weighted by atomic mass is 16.5. The molecule has 0 atom stereocenters. The molecule has 0 spiro atoms. The molecule has 0 bridgehead atoms. The molecule has 0 aromatic carbocycles. The van der Waals surface area contributed by atoms with Gasteiger partial charge in [0.15, 0.2) is 5.69 Å². The largest absolute Gasteiger partial charge is 0.461 e. The Kier molecular flexibility index (Phi) is 3.17. The zero-order valence-corrected chi connectivity index (χ0v) is 9.69. The van der Waals surface area contributed by atoms with E-state index in [-0.39, 0.29) is 5.97 Å². The van der Waals surface area contributed by atoms with Crippen LogP contribution in [0.5, 0.6) is 0 Å². The smallest absolute Gasteiger partial charge is 0.357 e. The highest BCUT2D eigenvalue weighted by molar-refractivity contribution is 5.87. The number of aromatic nitrogens is 2. The number of aryl methyl sites for hydroxylation is 1. The van der Waals surface area contributed by atoms with Crippen LogP contribution in [0, 0.1) is 12.8 Å². The molecule has 1 fully saturated rings. The van der Waals surface area contributed by atoms with Crippen molar-refractivity contribution < 1.29 is 9.53 Å². The van der Waals surface area contributed by atoms with Gasteiger partial charge in [0.1, 0.15) is 5.82 Å². The van der Waals surface area contributed by atoms with Crippen molar-refractivity contribution in [3.8, 4) is 0 Å². The van der Waals surface area contributed by atoms with E-state index in [2.05, 4.69) is 9.97 Å². The predicted molar refractivity (Wildman–Crippen MR) is 59.2 cm³/mol. The van der Waals surface area contributed by atoms with Gasteiger partial charge in [-0.2, -0.15) is 0 Å². The van der Waals surface area contributed by atoms with E-state index in [9.17, 15) is 4.79 Å². The number of hydrogen-bond acceptors (Lipinski definition) is 4. The first kappa shape index (κ1) is 11.0. The van der Waals surface area contributed by atoms with Crippen LogP contribution in [0.15, 0.2) is 6.07 Å². The molecule has 4 nitrogen and oxygen atoms in total. The standard InChI is InChI=1S/C12H16N2O2/c1-3-16-12(15)11-7-10(6-9-4-5-9)13-8(2)14-11/h7,9H,3-6H2,1-2H3. The van der Waals surface area contributed by atoms with E-state index in [0.29, 0.717) is 18.1 Å². The van der Waals surface area contributed by atoms with Gasteiger partial charge in [-0.15, -0.1) is 0 Å². The molecule has 0 aliphatic heterocycles. The molecule has 0 N–H and O–H groups in total. The molecule has 0 unspecified atom stereocenters. The Balaban J connectivity index is 2.16. The first-order chi connectivity index (χ1) is 7.69. The van der Waals surface area contributed by atoms with Crippen LogP contribution in [0.2, 0.25) is 0 Å². The van der Waals surface area contributed by atoms with Crippen LogP contribution in [0.4, 0.5) is 0 Å². The minimum absolute atomic E-state index is 0.356. The number of carbonyl (C=O) groups is 1. The van der Waals surface area contributed by atoms with Crippen molar-refractivity contribution in [2.24, 2.45) is 5.92 Å². The van der Waals surface area contributed by atoms with E-state index >= 15 is 0 Å². The van der Waals surface area contributed by atoms with Crippen LogP contribution in [0.3, 0.4) is 0 Å². The number of ether oxygens (including phenoxy) is 1. The molecule has 4 heteroatoms. The number of rotatable bonds is 4. The topological polar surface area (TPSA) is 52.1 Å². The van der Waals surface area contributed by atoms with Crippen LogP contribution < -0.4 is 0 Å². The SMILES string of the molecule is CCOC(=O)c1cc(CC2CC2)nc(C)n1. The summed E-state index contributed by atoms with van der Waals surface area (Å²) in [5, 5.41) is 0. The summed E-state index contributed by atoms with van der Waals surface area (Å²) in [7, 11) is 0. The van der Waals surface area contributed by atoms with Gasteiger partial charge >= 0.3 is 5.97 Å². The second-order valence-corrected chi connectivity index (χ2v) is 4.16. The van der Waals surface area contributed by atoms with Crippen molar-refractivity contribution >= 4 is 5.97 Å². The van der Waals surface area contributed by atoms with Gasteiger partial charge in [-0.3, -0.25) is 0 Å². The molecule has 1 aromatic rings. The molecule has 0 radical (unpaired) electrons. The van der Waals surface area contributed by atoms with Gasteiger partial charge in [0.25, 0.3) is 0 Å². The Hall–Kier alpha value is -1.45. The summed E-state index contributed by atoms with van der Waals surface area (Å²) in [5.74, 6) is 1.04. The zero-order valence-electron chi connectivity index (χ0n) is 9.69. The van der Waals surface area contributed by atoms with Crippen molar-refractivity contribution in [1.29, 1.82) is 0 Å². The lowest BCUT2D eigenvalue weighted by Gasteiger charge is -2.05. The third-order valence-corrected chi connectivity index (χ3v) is 2.57. The van der Waals surface area contributed by atoms with Crippen LogP contribution in [-0.4, -0.2) is 22.5 Å². The fourth-order valence-electron chi connectivity index (χ4n) is 1.66. The summed E-state index contributed by atoms with van der Waals surface area (Å²) in [5.41, 5.74) is 1.34. The lowest BCUT2D eigenvalue weighted by molar-refractivity contribution is 0.0518. The predicted octanol–water partition coefficient (Wildman–Crippen LogP) is 1.91. The first-order valence-corrected chi connectivity index (χ1v) is 5.70. The number of nitrogens with zero attached hydrogens (tertiary/aromatic N) is 2. The van der Waals surface area contributed by atoms with E-state index in [1.54, 1.807) is 19.9 Å². The Labute approximate surface area is 95.1 Å². The first-order valence-electron chi connectivity index (χ1n) is 5.70. The second-order valence-electron chi connectivity index (χ2n) is 4.16. The molecule has 1 heterocycles. The van der Waals surface area contributed by atoms with Crippen molar-refractivity contribution in [2.45, 2.75) is 33.1 Å². The minimum Gasteiger partial charge on any atom is -0.461 e. The van der Waals surface area contributed by atoms with Gasteiger partial charge < -0.3 is 4.74 Å². The summed E-state index contributed by atoms with van der Waals surface area (Å²) in [6.07, 6.45) is 3.51. The van der Waals surface area contributed by atoms with E-state index < -0.39 is 0 Å². The number of esters is 1. The van der Waals surface area contributed by atoms with Gasteiger partial charge in [0.05, 0.1) is 6.61 Å². The molecule has 0 saturated heterocycles. The van der Waals surface area contributed by atoms with Crippen LogP contribution in [0.25, 0.3) is 0 Å². The van der Waals surface area contributed by atoms with Gasteiger partial charge in [0, 0.05) is 5.69 Å². The molecule has 1 aliphatic rings. The third kappa shape index (κ3) is 2.78. The maximum atomic E-state index is 11.5. The highest BCUT2D eigenvalue weighted by Gasteiger charge is 2.23. The maximum Gasteiger partial charge on any atom is 0.357 e. The minimum atomic E-state index is -0.356. The van der Waals surface area contributed by atoms with E-state index in [0.717, 1.165) is 18.0 Å². The van der Waals surface area contributed by atoms with Crippen LogP contribution in [-0.2, 0) is 11.2 Å². The Morgan fingerprint density at radius 1 is 1.50 bits per heavy atom. The van der Waals surface area contributed by atoms with Gasteiger partial charge in [-0.1, -0.05) is 0 Å². The molecular formula is C12H16N2O2. The summed E-state index contributed by atoms with van der Waals surface area (Å²) >= 11 is 0. The lowest BCUT2D eigenvalue weighted by atomic mass is 10.2. The molecular weight excluding hydrogens is 204 g/mol. The number of carbonyl (C=O) groups excluding carboxylic acids is 1. The van der Waals surface area contributed by atoms with E-state index in [1.807, 2.05) is 0 Å². The van der Waals surface area contributed by atoms with Crippen molar-refractivity contribution in [2.75, 3.05) is 6.61 Å². The molecule has 0 amide bonds. The Morgan fingerprint density at radius 2 is 2.25 bits per heavy atom. The van der Waals surface area contributed by atoms with Crippen molar-refractivity contribution in [3.63, 3.8) is 0 Å². The Morgan fingerprint density at radius 3 is 2.88 bits per heavy atom. The quantitative estimate of drug-likeness (QED) is 0.727. The van der Waals surface area contributed by atoms with Crippen molar-refractivity contribution in [1.82, 2.24) is 9.97 Å². The monoisotopic (exact) mass is 220 g/mol. The highest BCUT2D eigenvalue weighted by Crippen LogP contribution is 2.32. The molecule has 16 heavy (non-hydrogen) atoms. The summed E-state index contributed by atoms with van der Waals surface area (Å²) in [6.45, 7) is 3.97. The maximum absolute atomic E-state index is 11.5. The van der Waals surface area contributed by atoms with Crippen LogP contribution >= 0.6 is 0 Å². The van der Waals surface area contributed by atoms with E-state index in [1.165, 1.54) is 12.8 Å². The second kappa shape index (κ2) is 4.60. The number of hydrogen-bond donors (Lipinski definition) is 0. The Bertz CT molecular complexity index is 400. The average Bonchev–Trinajstić information content (AvgIpc) is 3.01. The zero-order chi connectivity index (χ0) is 11.5. The summed E-state index contributed by atoms with van der Waals surface area (Å²) < 4.78 is 4.93. The third-order valence-electron chi connectivity index (χ3n) is 2.57. The molecule has 86 valence electrons. The molecule has 1 aromatic heterocycles. The molecule has 1 saturated carbocycles. The van der Waals surface area contributed by atoms with Gasteiger partial charge in [-0.05, 0) is 45.1 Å².